The first-order valence-corrected chi connectivity index (χ1v) is 9.20. The van der Waals surface area contributed by atoms with Gasteiger partial charge in [-0.15, -0.1) is 0 Å². The van der Waals surface area contributed by atoms with E-state index in [-0.39, 0.29) is 11.8 Å². The van der Waals surface area contributed by atoms with Gasteiger partial charge in [-0.2, -0.15) is 4.99 Å². The Morgan fingerprint density at radius 1 is 1.08 bits per heavy atom. The fourth-order valence-corrected chi connectivity index (χ4v) is 3.44. The summed E-state index contributed by atoms with van der Waals surface area (Å²) in [5.41, 5.74) is 2.79. The number of amidine groups is 1. The summed E-state index contributed by atoms with van der Waals surface area (Å²) in [5.74, 6) is 0.344. The Balaban J connectivity index is 1.42. The smallest absolute Gasteiger partial charge is 0.290 e. The van der Waals surface area contributed by atoms with Gasteiger partial charge in [0.2, 0.25) is 5.91 Å². The van der Waals surface area contributed by atoms with Crippen molar-refractivity contribution >= 4 is 23.3 Å². The van der Waals surface area contributed by atoms with Crippen molar-refractivity contribution in [1.29, 1.82) is 0 Å². The summed E-state index contributed by atoms with van der Waals surface area (Å²) in [5, 5.41) is 6.45. The van der Waals surface area contributed by atoms with E-state index in [1.807, 2.05) is 18.2 Å². The van der Waals surface area contributed by atoms with Crippen LogP contribution in [-0.4, -0.2) is 18.0 Å². The van der Waals surface area contributed by atoms with Crippen molar-refractivity contribution in [2.45, 2.75) is 64.0 Å². The number of nitrogens with zero attached hydrogens (tertiary/aromatic N) is 1. The lowest BCUT2D eigenvalue weighted by Crippen LogP contribution is -2.36. The molecule has 24 heavy (non-hydrogen) atoms. The molecule has 5 heteroatoms. The minimum absolute atomic E-state index is 0.130. The number of hydrogen-bond acceptors (Lipinski definition) is 4. The molecular weight excluding hydrogens is 302 g/mol. The number of hydrogen-bond donors (Lipinski definition) is 2. The molecular formula is C19H25N3O2. The van der Waals surface area contributed by atoms with Crippen molar-refractivity contribution in [2.75, 3.05) is 5.32 Å². The number of carbonyl (C=O) groups excluding carboxylic acids is 1. The Morgan fingerprint density at radius 2 is 1.88 bits per heavy atom. The second-order valence-corrected chi connectivity index (χ2v) is 7.15. The van der Waals surface area contributed by atoms with Crippen LogP contribution < -0.4 is 10.6 Å². The third-order valence-electron chi connectivity index (χ3n) is 5.06. The van der Waals surface area contributed by atoms with Gasteiger partial charge in [0, 0.05) is 23.2 Å². The number of carbonyl (C=O) groups is 1. The summed E-state index contributed by atoms with van der Waals surface area (Å²) in [6.07, 6.45) is 9.66. The van der Waals surface area contributed by atoms with Gasteiger partial charge in [0.25, 0.3) is 6.02 Å². The van der Waals surface area contributed by atoms with E-state index in [9.17, 15) is 4.79 Å². The van der Waals surface area contributed by atoms with Crippen molar-refractivity contribution in [2.24, 2.45) is 10.9 Å². The molecule has 2 aliphatic carbocycles. The van der Waals surface area contributed by atoms with Crippen LogP contribution in [0.1, 0.15) is 56.9 Å². The molecule has 4 rings (SSSR count). The topological polar surface area (TPSA) is 62.7 Å². The van der Waals surface area contributed by atoms with Gasteiger partial charge in [-0.25, -0.2) is 0 Å². The minimum Gasteiger partial charge on any atom is -0.460 e. The van der Waals surface area contributed by atoms with Crippen LogP contribution in [0, 0.1) is 5.92 Å². The SMILES string of the molecule is O=C(Nc1ccc2c(c1)COC(NC1CCCCCC1)=N2)C1CC1. The first-order chi connectivity index (χ1) is 11.8. The van der Waals surface area contributed by atoms with Gasteiger partial charge in [-0.1, -0.05) is 25.7 Å². The molecule has 1 aliphatic heterocycles. The van der Waals surface area contributed by atoms with Crippen molar-refractivity contribution in [3.8, 4) is 0 Å². The van der Waals surface area contributed by atoms with Gasteiger partial charge in [0.1, 0.15) is 6.61 Å². The second-order valence-electron chi connectivity index (χ2n) is 7.15. The van der Waals surface area contributed by atoms with E-state index in [1.54, 1.807) is 0 Å². The predicted molar refractivity (Wildman–Crippen MR) is 94.3 cm³/mol. The minimum atomic E-state index is 0.130. The summed E-state index contributed by atoms with van der Waals surface area (Å²) in [7, 11) is 0. The van der Waals surface area contributed by atoms with E-state index in [2.05, 4.69) is 15.6 Å². The molecule has 0 saturated heterocycles. The Bertz CT molecular complexity index is 644. The number of fused-ring (bicyclic) bond motifs is 1. The Morgan fingerprint density at radius 3 is 2.62 bits per heavy atom. The van der Waals surface area contributed by atoms with E-state index in [1.165, 1.54) is 38.5 Å². The number of rotatable bonds is 3. The molecule has 128 valence electrons. The number of amides is 1. The largest absolute Gasteiger partial charge is 0.460 e. The highest BCUT2D eigenvalue weighted by atomic mass is 16.5. The molecule has 3 aliphatic rings. The summed E-state index contributed by atoms with van der Waals surface area (Å²) >= 11 is 0. The second kappa shape index (κ2) is 6.83. The van der Waals surface area contributed by atoms with E-state index in [4.69, 9.17) is 4.74 Å². The van der Waals surface area contributed by atoms with Crippen LogP contribution in [0.4, 0.5) is 11.4 Å². The summed E-state index contributed by atoms with van der Waals surface area (Å²) in [6.45, 7) is 0.501. The molecule has 1 aromatic rings. The van der Waals surface area contributed by atoms with E-state index in [0.29, 0.717) is 18.7 Å². The maximum absolute atomic E-state index is 11.9. The fourth-order valence-electron chi connectivity index (χ4n) is 3.44. The van der Waals surface area contributed by atoms with E-state index < -0.39 is 0 Å². The summed E-state index contributed by atoms with van der Waals surface area (Å²) < 4.78 is 5.79. The Hall–Kier alpha value is -2.04. The highest BCUT2D eigenvalue weighted by Gasteiger charge is 2.29. The van der Waals surface area contributed by atoms with Crippen molar-refractivity contribution in [3.05, 3.63) is 23.8 Å². The van der Waals surface area contributed by atoms with Crippen LogP contribution in [0.25, 0.3) is 0 Å². The van der Waals surface area contributed by atoms with Crippen molar-refractivity contribution in [1.82, 2.24) is 5.32 Å². The third kappa shape index (κ3) is 3.71. The highest BCUT2D eigenvalue weighted by molar-refractivity contribution is 5.94. The molecule has 0 radical (unpaired) electrons. The van der Waals surface area contributed by atoms with Crippen LogP contribution in [0.3, 0.4) is 0 Å². The molecule has 2 fully saturated rings. The number of nitrogens with one attached hydrogen (secondary N) is 2. The van der Waals surface area contributed by atoms with Gasteiger partial charge in [-0.3, -0.25) is 4.79 Å². The van der Waals surface area contributed by atoms with E-state index in [0.717, 1.165) is 29.8 Å². The van der Waals surface area contributed by atoms with Crippen LogP contribution in [0.5, 0.6) is 0 Å². The average Bonchev–Trinajstić information content (AvgIpc) is 3.43. The fraction of sp³-hybridized carbons (Fsp3) is 0.579. The summed E-state index contributed by atoms with van der Waals surface area (Å²) in [6, 6.07) is 6.99. The van der Waals surface area contributed by atoms with Crippen LogP contribution in [0.2, 0.25) is 0 Å². The van der Waals surface area contributed by atoms with E-state index >= 15 is 0 Å². The number of ether oxygens (including phenoxy) is 1. The zero-order chi connectivity index (χ0) is 16.4. The zero-order valence-electron chi connectivity index (χ0n) is 14.0. The molecule has 0 atom stereocenters. The van der Waals surface area contributed by atoms with Crippen LogP contribution >= 0.6 is 0 Å². The Kier molecular flexibility index (Phi) is 4.41. The molecule has 0 bridgehead atoms. The maximum Gasteiger partial charge on any atom is 0.290 e. The van der Waals surface area contributed by atoms with Gasteiger partial charge < -0.3 is 15.4 Å². The third-order valence-corrected chi connectivity index (χ3v) is 5.06. The van der Waals surface area contributed by atoms with Crippen LogP contribution in [0.15, 0.2) is 23.2 Å². The molecule has 1 heterocycles. The highest BCUT2D eigenvalue weighted by Crippen LogP contribution is 2.32. The molecule has 0 aromatic heterocycles. The lowest BCUT2D eigenvalue weighted by atomic mass is 10.1. The normalized spacial score (nSPS) is 21.1. The molecule has 1 aromatic carbocycles. The van der Waals surface area contributed by atoms with Crippen LogP contribution in [-0.2, 0) is 16.1 Å². The standard InChI is InChI=1S/C19H25N3O2/c23-18(13-7-8-13)20-16-9-10-17-14(11-16)12-24-19(22-17)21-15-5-3-1-2-4-6-15/h9-11,13,15H,1-8,12H2,(H,20,23)(H,21,22). The molecule has 5 nitrogen and oxygen atoms in total. The lowest BCUT2D eigenvalue weighted by Gasteiger charge is -2.23. The molecule has 0 unspecified atom stereocenters. The van der Waals surface area contributed by atoms with Gasteiger partial charge in [0.15, 0.2) is 0 Å². The number of benzene rings is 1. The monoisotopic (exact) mass is 327 g/mol. The summed E-state index contributed by atoms with van der Waals surface area (Å²) in [4.78, 5) is 16.5. The van der Waals surface area contributed by atoms with Crippen molar-refractivity contribution in [3.63, 3.8) is 0 Å². The zero-order valence-corrected chi connectivity index (χ0v) is 14.0. The lowest BCUT2D eigenvalue weighted by molar-refractivity contribution is -0.117. The molecule has 0 spiro atoms. The van der Waals surface area contributed by atoms with Crippen molar-refractivity contribution < 1.29 is 9.53 Å². The molecule has 2 N–H and O–H groups in total. The van der Waals surface area contributed by atoms with Gasteiger partial charge in [-0.05, 0) is 43.9 Å². The first-order valence-electron chi connectivity index (χ1n) is 9.20. The average molecular weight is 327 g/mol. The number of aliphatic imine (C=N–C) groups is 1. The number of anilines is 1. The Labute approximate surface area is 142 Å². The van der Waals surface area contributed by atoms with Gasteiger partial charge >= 0.3 is 0 Å². The molecule has 2 saturated carbocycles. The quantitative estimate of drug-likeness (QED) is 0.829. The maximum atomic E-state index is 11.9. The predicted octanol–water partition coefficient (Wildman–Crippen LogP) is 3.87. The van der Waals surface area contributed by atoms with Gasteiger partial charge in [0.05, 0.1) is 5.69 Å². The first kappa shape index (κ1) is 15.5. The molecule has 1 amide bonds.